The Bertz CT molecular complexity index is 509. The van der Waals surface area contributed by atoms with Gasteiger partial charge < -0.3 is 10.1 Å². The van der Waals surface area contributed by atoms with Crippen LogP contribution >= 0.6 is 27.5 Å². The molecule has 1 aromatic heterocycles. The Labute approximate surface area is 125 Å². The summed E-state index contributed by atoms with van der Waals surface area (Å²) in [4.78, 5) is 12.4. The van der Waals surface area contributed by atoms with Crippen LogP contribution in [0.1, 0.15) is 36.3 Å². The zero-order chi connectivity index (χ0) is 13.8. The van der Waals surface area contributed by atoms with Gasteiger partial charge in [0.25, 0.3) is 5.91 Å². The number of nitrogens with one attached hydrogen (secondary N) is 1. The molecule has 0 spiro atoms. The summed E-state index contributed by atoms with van der Waals surface area (Å²) >= 11 is 4.72. The molecule has 2 aliphatic rings. The molecule has 0 aromatic carbocycles. The van der Waals surface area contributed by atoms with Crippen molar-refractivity contribution in [2.75, 3.05) is 6.61 Å². The van der Waals surface area contributed by atoms with Gasteiger partial charge in [0, 0.05) is 24.0 Å². The lowest BCUT2D eigenvalue weighted by Crippen LogP contribution is -2.66. The molecule has 1 saturated heterocycles. The summed E-state index contributed by atoms with van der Waals surface area (Å²) in [5.74, 6) is 0.436. The first-order valence-corrected chi connectivity index (χ1v) is 8.04. The van der Waals surface area contributed by atoms with E-state index >= 15 is 0 Å². The summed E-state index contributed by atoms with van der Waals surface area (Å²) in [6.45, 7) is 7.01. The van der Waals surface area contributed by atoms with E-state index in [4.69, 9.17) is 4.74 Å². The van der Waals surface area contributed by atoms with Crippen LogP contribution in [0, 0.1) is 18.3 Å². The minimum absolute atomic E-state index is 0.0145. The maximum absolute atomic E-state index is 12.4. The third-order valence-corrected chi connectivity index (χ3v) is 6.00. The zero-order valence-electron chi connectivity index (χ0n) is 11.2. The SMILES string of the molecule is Cc1nsc(Br)c1C(=O)NC1C2CCOC2C1(C)C. The van der Waals surface area contributed by atoms with Crippen LogP contribution < -0.4 is 5.32 Å². The molecule has 4 nitrogen and oxygen atoms in total. The number of halogens is 1. The quantitative estimate of drug-likeness (QED) is 0.897. The van der Waals surface area contributed by atoms with Crippen molar-refractivity contribution < 1.29 is 9.53 Å². The summed E-state index contributed by atoms with van der Waals surface area (Å²) in [5, 5.41) is 3.18. The summed E-state index contributed by atoms with van der Waals surface area (Å²) in [7, 11) is 0. The van der Waals surface area contributed by atoms with Crippen molar-refractivity contribution in [3.8, 4) is 0 Å². The molecule has 1 N–H and O–H groups in total. The lowest BCUT2D eigenvalue weighted by Gasteiger charge is -2.54. The second-order valence-electron chi connectivity index (χ2n) is 5.93. The fraction of sp³-hybridized carbons (Fsp3) is 0.692. The molecule has 1 aromatic rings. The molecule has 2 heterocycles. The highest BCUT2D eigenvalue weighted by molar-refractivity contribution is 9.11. The third-order valence-electron chi connectivity index (χ3n) is 4.44. The van der Waals surface area contributed by atoms with Crippen molar-refractivity contribution in [3.05, 3.63) is 15.0 Å². The van der Waals surface area contributed by atoms with Crippen LogP contribution in [0.4, 0.5) is 0 Å². The van der Waals surface area contributed by atoms with Gasteiger partial charge in [-0.15, -0.1) is 0 Å². The van der Waals surface area contributed by atoms with Crippen molar-refractivity contribution in [2.45, 2.75) is 39.3 Å². The Hall–Kier alpha value is -0.460. The molecule has 0 radical (unpaired) electrons. The standard InChI is InChI=1S/C13H17BrN2O2S/c1-6-8(11(14)19-16-6)12(17)15-9-7-4-5-18-10(7)13(9,2)3/h7,9-10H,4-5H2,1-3H3,(H,15,17). The summed E-state index contributed by atoms with van der Waals surface area (Å²) < 4.78 is 10.8. The van der Waals surface area contributed by atoms with Crippen LogP contribution in [-0.2, 0) is 4.74 Å². The highest BCUT2D eigenvalue weighted by atomic mass is 79.9. The van der Waals surface area contributed by atoms with Crippen molar-refractivity contribution in [3.63, 3.8) is 0 Å². The van der Waals surface area contributed by atoms with E-state index in [1.807, 2.05) is 6.92 Å². The molecule has 3 rings (SSSR count). The normalized spacial score (nSPS) is 31.7. The number of carbonyl (C=O) groups excluding carboxylic acids is 1. The van der Waals surface area contributed by atoms with Gasteiger partial charge in [-0.2, -0.15) is 4.37 Å². The Morgan fingerprint density at radius 2 is 2.32 bits per heavy atom. The fourth-order valence-electron chi connectivity index (χ4n) is 3.43. The minimum Gasteiger partial charge on any atom is -0.377 e. The third kappa shape index (κ3) is 1.96. The van der Waals surface area contributed by atoms with Crippen LogP contribution in [0.5, 0.6) is 0 Å². The van der Waals surface area contributed by atoms with Crippen molar-refractivity contribution in [1.29, 1.82) is 0 Å². The number of hydrogen-bond donors (Lipinski definition) is 1. The van der Waals surface area contributed by atoms with Crippen LogP contribution in [-0.4, -0.2) is 29.0 Å². The molecule has 19 heavy (non-hydrogen) atoms. The van der Waals surface area contributed by atoms with Gasteiger partial charge in [-0.1, -0.05) is 13.8 Å². The van der Waals surface area contributed by atoms with Crippen LogP contribution in [0.25, 0.3) is 0 Å². The number of hydrogen-bond acceptors (Lipinski definition) is 4. The van der Waals surface area contributed by atoms with Crippen molar-refractivity contribution >= 4 is 33.4 Å². The van der Waals surface area contributed by atoms with E-state index in [-0.39, 0.29) is 17.4 Å². The molecule has 0 bridgehead atoms. The van der Waals surface area contributed by atoms with Gasteiger partial charge in [-0.3, -0.25) is 4.79 Å². The second-order valence-corrected chi connectivity index (χ2v) is 8.02. The number of ether oxygens (including phenoxy) is 1. The Balaban J connectivity index is 1.77. The predicted molar refractivity (Wildman–Crippen MR) is 77.4 cm³/mol. The molecule has 104 valence electrons. The lowest BCUT2D eigenvalue weighted by atomic mass is 9.57. The summed E-state index contributed by atoms with van der Waals surface area (Å²) in [6.07, 6.45) is 1.34. The summed E-state index contributed by atoms with van der Waals surface area (Å²) in [6, 6.07) is 0.193. The number of fused-ring (bicyclic) bond motifs is 1. The van der Waals surface area contributed by atoms with E-state index < -0.39 is 0 Å². The van der Waals surface area contributed by atoms with Gasteiger partial charge in [0.1, 0.15) is 3.79 Å². The Kier molecular flexibility index (Phi) is 3.22. The highest BCUT2D eigenvalue weighted by Crippen LogP contribution is 2.52. The Morgan fingerprint density at radius 3 is 2.95 bits per heavy atom. The predicted octanol–water partition coefficient (Wildman–Crippen LogP) is 2.76. The van der Waals surface area contributed by atoms with Gasteiger partial charge in [0.15, 0.2) is 0 Å². The Morgan fingerprint density at radius 1 is 1.58 bits per heavy atom. The first-order valence-electron chi connectivity index (χ1n) is 6.47. The van der Waals surface area contributed by atoms with E-state index in [0.717, 1.165) is 22.5 Å². The topological polar surface area (TPSA) is 51.2 Å². The maximum atomic E-state index is 12.4. The number of rotatable bonds is 2. The molecule has 1 aliphatic heterocycles. The molecule has 1 saturated carbocycles. The lowest BCUT2D eigenvalue weighted by molar-refractivity contribution is -0.108. The molecule has 2 fully saturated rings. The first kappa shape index (κ1) is 13.5. The van der Waals surface area contributed by atoms with Crippen molar-refractivity contribution in [1.82, 2.24) is 9.69 Å². The molecular weight excluding hydrogens is 328 g/mol. The van der Waals surface area contributed by atoms with Crippen LogP contribution in [0.3, 0.4) is 0 Å². The average Bonchev–Trinajstić information content (AvgIpc) is 2.92. The van der Waals surface area contributed by atoms with Crippen molar-refractivity contribution in [2.24, 2.45) is 11.3 Å². The molecule has 6 heteroatoms. The molecule has 3 atom stereocenters. The zero-order valence-corrected chi connectivity index (χ0v) is 13.6. The number of amides is 1. The van der Waals surface area contributed by atoms with E-state index in [1.54, 1.807) is 0 Å². The maximum Gasteiger partial charge on any atom is 0.255 e. The van der Waals surface area contributed by atoms with Gasteiger partial charge in [-0.25, -0.2) is 0 Å². The largest absolute Gasteiger partial charge is 0.377 e. The monoisotopic (exact) mass is 344 g/mol. The number of carbonyl (C=O) groups is 1. The van der Waals surface area contributed by atoms with Crippen LogP contribution in [0.2, 0.25) is 0 Å². The van der Waals surface area contributed by atoms with Gasteiger partial charge in [0.05, 0.1) is 17.4 Å². The smallest absolute Gasteiger partial charge is 0.255 e. The number of aromatic nitrogens is 1. The highest BCUT2D eigenvalue weighted by Gasteiger charge is 2.59. The molecule has 3 unspecified atom stereocenters. The van der Waals surface area contributed by atoms with E-state index in [0.29, 0.717) is 17.6 Å². The molecular formula is C13H17BrN2O2S. The first-order chi connectivity index (χ1) is 8.93. The minimum atomic E-state index is -0.0263. The van der Waals surface area contributed by atoms with E-state index in [9.17, 15) is 4.79 Å². The number of aryl methyl sites for hydroxylation is 1. The van der Waals surface area contributed by atoms with E-state index in [2.05, 4.69) is 39.5 Å². The van der Waals surface area contributed by atoms with Crippen LogP contribution in [0.15, 0.2) is 3.79 Å². The second kappa shape index (κ2) is 4.53. The van der Waals surface area contributed by atoms with Gasteiger partial charge in [0.2, 0.25) is 0 Å². The molecule has 1 amide bonds. The number of nitrogens with zero attached hydrogens (tertiary/aromatic N) is 1. The average molecular weight is 345 g/mol. The molecule has 1 aliphatic carbocycles. The van der Waals surface area contributed by atoms with E-state index in [1.165, 1.54) is 11.5 Å². The summed E-state index contributed by atoms with van der Waals surface area (Å²) in [5.41, 5.74) is 1.47. The fourth-order valence-corrected chi connectivity index (χ4v) is 4.75. The van der Waals surface area contributed by atoms with Gasteiger partial charge in [-0.05, 0) is 40.8 Å². The van der Waals surface area contributed by atoms with Gasteiger partial charge >= 0.3 is 0 Å².